The average molecular weight is 300 g/mol. The van der Waals surface area contributed by atoms with Gasteiger partial charge in [-0.15, -0.1) is 0 Å². The van der Waals surface area contributed by atoms with Crippen LogP contribution in [0.15, 0.2) is 35.4 Å². The van der Waals surface area contributed by atoms with Crippen molar-refractivity contribution >= 4 is 11.6 Å². The van der Waals surface area contributed by atoms with Crippen LogP contribution < -0.4 is 5.43 Å². The Labute approximate surface area is 120 Å². The van der Waals surface area contributed by atoms with Crippen LogP contribution in [-0.4, -0.2) is 31.0 Å². The highest BCUT2D eigenvalue weighted by atomic mass is 19.4. The third-order valence-electron chi connectivity index (χ3n) is 3.21. The van der Waals surface area contributed by atoms with E-state index in [0.29, 0.717) is 0 Å². The molecule has 1 aliphatic heterocycles. The zero-order valence-electron chi connectivity index (χ0n) is 11.2. The lowest BCUT2D eigenvalue weighted by molar-refractivity contribution is -0.0660. The van der Waals surface area contributed by atoms with Crippen LogP contribution in [-0.2, 0) is 4.74 Å². The molecule has 1 heterocycles. The smallest absolute Gasteiger partial charge is 0.381 e. The first-order chi connectivity index (χ1) is 9.98. The summed E-state index contributed by atoms with van der Waals surface area (Å²) >= 11 is 0. The highest BCUT2D eigenvalue weighted by Gasteiger charge is 2.41. The number of benzene rings is 1. The van der Waals surface area contributed by atoms with Crippen molar-refractivity contribution in [3.63, 3.8) is 0 Å². The van der Waals surface area contributed by atoms with E-state index in [9.17, 15) is 18.0 Å². The van der Waals surface area contributed by atoms with Gasteiger partial charge >= 0.3 is 6.18 Å². The Hall–Kier alpha value is -1.89. The van der Waals surface area contributed by atoms with Crippen LogP contribution in [0.5, 0.6) is 0 Å². The molecule has 7 heteroatoms. The van der Waals surface area contributed by atoms with Crippen LogP contribution in [0, 0.1) is 5.92 Å². The Balaban J connectivity index is 2.11. The summed E-state index contributed by atoms with van der Waals surface area (Å²) < 4.78 is 44.2. The van der Waals surface area contributed by atoms with E-state index in [1.54, 1.807) is 18.2 Å². The predicted molar refractivity (Wildman–Crippen MR) is 70.9 cm³/mol. The van der Waals surface area contributed by atoms with E-state index in [0.717, 1.165) is 0 Å². The molecule has 2 rings (SSSR count). The summed E-state index contributed by atoms with van der Waals surface area (Å²) in [4.78, 5) is 11.7. The number of alkyl halides is 3. The third kappa shape index (κ3) is 4.29. The normalized spacial score (nSPS) is 17.6. The number of nitrogens with zero attached hydrogens (tertiary/aromatic N) is 1. The lowest BCUT2D eigenvalue weighted by Crippen LogP contribution is -2.36. The van der Waals surface area contributed by atoms with E-state index >= 15 is 0 Å². The van der Waals surface area contributed by atoms with Crippen molar-refractivity contribution in [3.05, 3.63) is 35.9 Å². The predicted octanol–water partition coefficient (Wildman–Crippen LogP) is 2.76. The van der Waals surface area contributed by atoms with E-state index in [4.69, 9.17) is 4.74 Å². The number of hydrogen-bond donors (Lipinski definition) is 1. The number of carbonyl (C=O) groups excluding carboxylic acids is 1. The molecule has 114 valence electrons. The minimum absolute atomic E-state index is 0.250. The Bertz CT molecular complexity index is 509. The Morgan fingerprint density at radius 2 is 1.81 bits per heavy atom. The van der Waals surface area contributed by atoms with Crippen LogP contribution in [0.25, 0.3) is 0 Å². The van der Waals surface area contributed by atoms with Crippen molar-refractivity contribution < 1.29 is 22.7 Å². The number of amides is 1. The summed E-state index contributed by atoms with van der Waals surface area (Å²) in [6.07, 6.45) is -4.06. The summed E-state index contributed by atoms with van der Waals surface area (Å²) in [7, 11) is 0. The number of hydrazone groups is 1. The van der Waals surface area contributed by atoms with Crippen molar-refractivity contribution in [1.82, 2.24) is 5.43 Å². The van der Waals surface area contributed by atoms with Gasteiger partial charge in [0.05, 0.1) is 0 Å². The quantitative estimate of drug-likeness (QED) is 0.689. The summed E-state index contributed by atoms with van der Waals surface area (Å²) in [6, 6.07) is 7.98. The molecule has 1 fully saturated rings. The average Bonchev–Trinajstić information content (AvgIpc) is 2.48. The van der Waals surface area contributed by atoms with Crippen molar-refractivity contribution in [2.45, 2.75) is 19.0 Å². The van der Waals surface area contributed by atoms with Crippen LogP contribution in [0.1, 0.15) is 23.2 Å². The van der Waals surface area contributed by atoms with Gasteiger partial charge in [-0.3, -0.25) is 4.79 Å². The van der Waals surface area contributed by atoms with E-state index in [1.807, 2.05) is 5.43 Å². The Kier molecular flexibility index (Phi) is 4.95. The highest BCUT2D eigenvalue weighted by molar-refractivity contribution is 5.97. The molecule has 21 heavy (non-hydrogen) atoms. The summed E-state index contributed by atoms with van der Waals surface area (Å²) in [5.74, 6) is -1.40. The molecule has 0 atom stereocenters. The largest absolute Gasteiger partial charge is 0.431 e. The first-order valence-corrected chi connectivity index (χ1v) is 6.56. The van der Waals surface area contributed by atoms with Crippen LogP contribution in [0.3, 0.4) is 0 Å². The molecule has 0 bridgehead atoms. The molecule has 1 saturated heterocycles. The molecule has 0 radical (unpaired) electrons. The molecule has 1 aromatic rings. The standard InChI is InChI=1S/C14H15F3N2O2/c15-14(16,17)12(10-6-8-21-9-7-10)18-19-13(20)11-4-2-1-3-5-11/h1-5,10H,6-9H2,(H,19,20). The van der Waals surface area contributed by atoms with Crippen molar-refractivity contribution in [1.29, 1.82) is 0 Å². The SMILES string of the molecule is O=C(NN=C(C1CCOCC1)C(F)(F)F)c1ccccc1. The second-order valence-electron chi connectivity index (χ2n) is 4.69. The van der Waals surface area contributed by atoms with E-state index < -0.39 is 23.7 Å². The third-order valence-corrected chi connectivity index (χ3v) is 3.21. The second-order valence-corrected chi connectivity index (χ2v) is 4.69. The topological polar surface area (TPSA) is 50.7 Å². The number of halogens is 3. The fraction of sp³-hybridized carbons (Fsp3) is 0.429. The highest BCUT2D eigenvalue weighted by Crippen LogP contribution is 2.28. The zero-order valence-corrected chi connectivity index (χ0v) is 11.2. The van der Waals surface area contributed by atoms with Crippen LogP contribution in [0.2, 0.25) is 0 Å². The number of carbonyl (C=O) groups is 1. The zero-order chi connectivity index (χ0) is 15.3. The molecule has 1 amide bonds. The minimum atomic E-state index is -4.56. The van der Waals surface area contributed by atoms with Gasteiger partial charge in [0, 0.05) is 24.7 Å². The van der Waals surface area contributed by atoms with Gasteiger partial charge in [0.2, 0.25) is 0 Å². The van der Waals surface area contributed by atoms with Crippen molar-refractivity contribution in [2.24, 2.45) is 11.0 Å². The van der Waals surface area contributed by atoms with Crippen LogP contribution >= 0.6 is 0 Å². The lowest BCUT2D eigenvalue weighted by Gasteiger charge is -2.24. The molecule has 1 aliphatic rings. The van der Waals surface area contributed by atoms with Gasteiger partial charge in [0.25, 0.3) is 5.91 Å². The van der Waals surface area contributed by atoms with E-state index in [1.165, 1.54) is 12.1 Å². The van der Waals surface area contributed by atoms with Crippen molar-refractivity contribution in [2.75, 3.05) is 13.2 Å². The second kappa shape index (κ2) is 6.71. The molecule has 0 spiro atoms. The maximum atomic E-state index is 13.0. The van der Waals surface area contributed by atoms with Gasteiger partial charge in [-0.1, -0.05) is 18.2 Å². The van der Waals surface area contributed by atoms with Gasteiger partial charge in [0.1, 0.15) is 5.71 Å². The monoisotopic (exact) mass is 300 g/mol. The fourth-order valence-corrected chi connectivity index (χ4v) is 2.12. The Morgan fingerprint density at radius 1 is 1.19 bits per heavy atom. The maximum Gasteiger partial charge on any atom is 0.431 e. The maximum absolute atomic E-state index is 13.0. The number of hydrogen-bond acceptors (Lipinski definition) is 3. The van der Waals surface area contributed by atoms with Gasteiger partial charge in [-0.05, 0) is 25.0 Å². The molecule has 4 nitrogen and oxygen atoms in total. The van der Waals surface area contributed by atoms with Gasteiger partial charge in [-0.25, -0.2) is 5.43 Å². The van der Waals surface area contributed by atoms with Gasteiger partial charge in [0.15, 0.2) is 0 Å². The summed E-state index contributed by atoms with van der Waals surface area (Å²) in [5.41, 5.74) is 1.30. The number of rotatable bonds is 3. The van der Waals surface area contributed by atoms with E-state index in [2.05, 4.69) is 5.10 Å². The molecular weight excluding hydrogens is 285 g/mol. The number of nitrogens with one attached hydrogen (secondary N) is 1. The molecule has 0 aromatic heterocycles. The van der Waals surface area contributed by atoms with Crippen LogP contribution in [0.4, 0.5) is 13.2 Å². The minimum Gasteiger partial charge on any atom is -0.381 e. The first-order valence-electron chi connectivity index (χ1n) is 6.56. The lowest BCUT2D eigenvalue weighted by atomic mass is 9.94. The molecule has 1 N–H and O–H groups in total. The summed E-state index contributed by atoms with van der Waals surface area (Å²) in [6.45, 7) is 0.540. The first kappa shape index (κ1) is 15.5. The van der Waals surface area contributed by atoms with Gasteiger partial charge < -0.3 is 4.74 Å². The summed E-state index contributed by atoms with van der Waals surface area (Å²) in [5, 5.41) is 3.33. The van der Waals surface area contributed by atoms with Crippen molar-refractivity contribution in [3.8, 4) is 0 Å². The number of ether oxygens (including phenoxy) is 1. The Morgan fingerprint density at radius 3 is 2.38 bits per heavy atom. The van der Waals surface area contributed by atoms with Gasteiger partial charge in [-0.2, -0.15) is 18.3 Å². The van der Waals surface area contributed by atoms with E-state index in [-0.39, 0.29) is 31.6 Å². The molecule has 0 aliphatic carbocycles. The molecule has 1 aromatic carbocycles. The molecular formula is C14H15F3N2O2. The molecule has 0 unspecified atom stereocenters. The molecule has 0 saturated carbocycles. The fourth-order valence-electron chi connectivity index (χ4n) is 2.12.